The number of para-hydroxylation sites is 1. The van der Waals surface area contributed by atoms with Gasteiger partial charge in [-0.1, -0.05) is 60.1 Å². The first kappa shape index (κ1) is 13.5. The Bertz CT molecular complexity index is 739. The number of rotatable bonds is 3. The minimum Gasteiger partial charge on any atom is -0.438 e. The summed E-state index contributed by atoms with van der Waals surface area (Å²) in [7, 11) is 0. The van der Waals surface area contributed by atoms with Crippen molar-refractivity contribution in [1.82, 2.24) is 4.98 Å². The van der Waals surface area contributed by atoms with Crippen LogP contribution in [-0.2, 0) is 0 Å². The number of nitrogen functional groups attached to an aromatic ring is 1. The van der Waals surface area contributed by atoms with E-state index in [2.05, 4.69) is 4.98 Å². The lowest BCUT2D eigenvalue weighted by molar-refractivity contribution is 0.465. The van der Waals surface area contributed by atoms with Crippen LogP contribution in [0.4, 0.5) is 5.69 Å². The molecule has 1 heterocycles. The summed E-state index contributed by atoms with van der Waals surface area (Å²) in [6, 6.07) is 21.0. The highest BCUT2D eigenvalue weighted by molar-refractivity contribution is 6.29. The largest absolute Gasteiger partial charge is 0.438 e. The first-order valence-corrected chi connectivity index (χ1v) is 6.85. The lowest BCUT2D eigenvalue weighted by Gasteiger charge is -2.11. The molecule has 2 aromatic carbocycles. The molecule has 0 bridgehead atoms. The van der Waals surface area contributed by atoms with Crippen molar-refractivity contribution in [3.05, 3.63) is 71.9 Å². The van der Waals surface area contributed by atoms with Gasteiger partial charge < -0.3 is 10.5 Å². The van der Waals surface area contributed by atoms with Gasteiger partial charge in [-0.3, -0.25) is 0 Å². The second kappa shape index (κ2) is 5.85. The molecule has 0 saturated heterocycles. The Morgan fingerprint density at radius 1 is 0.905 bits per heavy atom. The molecule has 0 aliphatic heterocycles. The van der Waals surface area contributed by atoms with E-state index in [1.807, 2.05) is 54.6 Å². The summed E-state index contributed by atoms with van der Waals surface area (Å²) in [4.78, 5) is 4.13. The molecule has 0 saturated carbocycles. The second-order valence-corrected chi connectivity index (χ2v) is 4.91. The highest BCUT2D eigenvalue weighted by atomic mass is 35.5. The fourth-order valence-electron chi connectivity index (χ4n) is 2.07. The number of anilines is 1. The Morgan fingerprint density at radius 3 is 2.38 bits per heavy atom. The molecule has 1 aromatic heterocycles. The predicted molar refractivity (Wildman–Crippen MR) is 85.6 cm³/mol. The fraction of sp³-hybridized carbons (Fsp3) is 0. The van der Waals surface area contributed by atoms with Crippen LogP contribution in [0.3, 0.4) is 0 Å². The van der Waals surface area contributed by atoms with E-state index in [4.69, 9.17) is 22.1 Å². The number of benzene rings is 2. The van der Waals surface area contributed by atoms with Gasteiger partial charge in [-0.25, -0.2) is 4.98 Å². The minimum atomic E-state index is 0.308. The van der Waals surface area contributed by atoms with Gasteiger partial charge in [0.05, 0.1) is 0 Å². The maximum atomic E-state index is 5.90. The van der Waals surface area contributed by atoms with E-state index in [-0.39, 0.29) is 0 Å². The highest BCUT2D eigenvalue weighted by Gasteiger charge is 2.08. The zero-order valence-electron chi connectivity index (χ0n) is 11.2. The van der Waals surface area contributed by atoms with E-state index in [9.17, 15) is 0 Å². The summed E-state index contributed by atoms with van der Waals surface area (Å²) in [5.74, 6) is 1.08. The van der Waals surface area contributed by atoms with Crippen LogP contribution >= 0.6 is 11.6 Å². The molecule has 0 aliphatic rings. The predicted octanol–water partition coefficient (Wildman–Crippen LogP) is 4.78. The molecule has 3 aromatic rings. The van der Waals surface area contributed by atoms with Gasteiger partial charge in [0.2, 0.25) is 5.88 Å². The summed E-state index contributed by atoms with van der Waals surface area (Å²) in [5, 5.41) is 0.308. The van der Waals surface area contributed by atoms with Crippen molar-refractivity contribution in [2.45, 2.75) is 0 Å². The van der Waals surface area contributed by atoms with Crippen LogP contribution in [0.5, 0.6) is 11.6 Å². The Labute approximate surface area is 128 Å². The number of hydrogen-bond acceptors (Lipinski definition) is 3. The summed E-state index contributed by atoms with van der Waals surface area (Å²) in [6.07, 6.45) is 0. The first-order chi connectivity index (χ1) is 10.2. The van der Waals surface area contributed by atoms with E-state index < -0.39 is 0 Å². The normalized spacial score (nSPS) is 10.3. The van der Waals surface area contributed by atoms with Crippen LogP contribution in [0.2, 0.25) is 5.15 Å². The van der Waals surface area contributed by atoms with Crippen molar-refractivity contribution in [1.29, 1.82) is 0 Å². The summed E-state index contributed by atoms with van der Waals surface area (Å²) >= 11 is 5.90. The van der Waals surface area contributed by atoms with Crippen molar-refractivity contribution >= 4 is 17.3 Å². The van der Waals surface area contributed by atoms with Crippen molar-refractivity contribution in [3.8, 4) is 22.8 Å². The Morgan fingerprint density at radius 2 is 1.62 bits per heavy atom. The van der Waals surface area contributed by atoms with Crippen molar-refractivity contribution < 1.29 is 4.74 Å². The number of halogens is 1. The lowest BCUT2D eigenvalue weighted by Crippen LogP contribution is -1.93. The van der Waals surface area contributed by atoms with Gasteiger partial charge >= 0.3 is 0 Å². The SMILES string of the molecule is Nc1cc(Cl)nc(Oc2ccccc2-c2ccccc2)c1. The molecule has 0 fully saturated rings. The number of pyridine rings is 1. The Hall–Kier alpha value is -2.52. The molecule has 0 amide bonds. The molecule has 0 atom stereocenters. The molecule has 0 aliphatic carbocycles. The van der Waals surface area contributed by atoms with Crippen LogP contribution in [-0.4, -0.2) is 4.98 Å². The third kappa shape index (κ3) is 3.15. The van der Waals surface area contributed by atoms with Crippen LogP contribution in [0, 0.1) is 0 Å². The van der Waals surface area contributed by atoms with Crippen molar-refractivity contribution in [2.75, 3.05) is 5.73 Å². The average molecular weight is 297 g/mol. The van der Waals surface area contributed by atoms with Gasteiger partial charge in [-0.05, 0) is 17.7 Å². The van der Waals surface area contributed by atoms with E-state index in [0.717, 1.165) is 11.1 Å². The third-order valence-electron chi connectivity index (χ3n) is 2.98. The van der Waals surface area contributed by atoms with E-state index >= 15 is 0 Å². The van der Waals surface area contributed by atoms with Gasteiger partial charge in [0.1, 0.15) is 10.9 Å². The van der Waals surface area contributed by atoms with E-state index in [1.165, 1.54) is 0 Å². The summed E-state index contributed by atoms with van der Waals surface area (Å²) in [5.41, 5.74) is 8.33. The van der Waals surface area contributed by atoms with Gasteiger partial charge in [-0.15, -0.1) is 0 Å². The number of ether oxygens (including phenoxy) is 1. The molecule has 104 valence electrons. The number of nitrogens with two attached hydrogens (primary N) is 1. The standard InChI is InChI=1S/C17H13ClN2O/c18-16-10-13(19)11-17(20-16)21-15-9-5-4-8-14(15)12-6-2-1-3-7-12/h1-11H,(H2,19,20). The van der Waals surface area contributed by atoms with Gasteiger partial charge in [0.15, 0.2) is 0 Å². The zero-order chi connectivity index (χ0) is 14.7. The molecule has 0 radical (unpaired) electrons. The molecule has 3 nitrogen and oxygen atoms in total. The highest BCUT2D eigenvalue weighted by Crippen LogP contribution is 2.33. The van der Waals surface area contributed by atoms with Crippen molar-refractivity contribution in [3.63, 3.8) is 0 Å². The number of aromatic nitrogens is 1. The number of nitrogens with zero attached hydrogens (tertiary/aromatic N) is 1. The second-order valence-electron chi connectivity index (χ2n) is 4.53. The van der Waals surface area contributed by atoms with Gasteiger partial charge in [-0.2, -0.15) is 0 Å². The van der Waals surface area contributed by atoms with E-state index in [0.29, 0.717) is 22.5 Å². The van der Waals surface area contributed by atoms with Crippen LogP contribution in [0.25, 0.3) is 11.1 Å². The van der Waals surface area contributed by atoms with Crippen LogP contribution in [0.15, 0.2) is 66.7 Å². The quantitative estimate of drug-likeness (QED) is 0.708. The molecule has 21 heavy (non-hydrogen) atoms. The molecular formula is C17H13ClN2O. The minimum absolute atomic E-state index is 0.308. The van der Waals surface area contributed by atoms with Gasteiger partial charge in [0, 0.05) is 17.3 Å². The first-order valence-electron chi connectivity index (χ1n) is 6.48. The third-order valence-corrected chi connectivity index (χ3v) is 3.17. The molecule has 0 spiro atoms. The van der Waals surface area contributed by atoms with Crippen LogP contribution < -0.4 is 10.5 Å². The van der Waals surface area contributed by atoms with Gasteiger partial charge in [0.25, 0.3) is 0 Å². The maximum absolute atomic E-state index is 5.90. The Kier molecular flexibility index (Phi) is 3.75. The van der Waals surface area contributed by atoms with E-state index in [1.54, 1.807) is 12.1 Å². The monoisotopic (exact) mass is 296 g/mol. The van der Waals surface area contributed by atoms with Crippen LogP contribution in [0.1, 0.15) is 0 Å². The summed E-state index contributed by atoms with van der Waals surface area (Å²) < 4.78 is 5.85. The number of hydrogen-bond donors (Lipinski definition) is 1. The fourth-order valence-corrected chi connectivity index (χ4v) is 2.28. The van der Waals surface area contributed by atoms with Crippen molar-refractivity contribution in [2.24, 2.45) is 0 Å². The molecule has 2 N–H and O–H groups in total. The maximum Gasteiger partial charge on any atom is 0.222 e. The molecule has 3 rings (SSSR count). The topological polar surface area (TPSA) is 48.1 Å². The molecule has 0 unspecified atom stereocenters. The molecule has 4 heteroatoms. The average Bonchev–Trinajstić information content (AvgIpc) is 2.48. The smallest absolute Gasteiger partial charge is 0.222 e. The lowest BCUT2D eigenvalue weighted by atomic mass is 10.1. The zero-order valence-corrected chi connectivity index (χ0v) is 11.9. The molecular weight excluding hydrogens is 284 g/mol. The summed E-state index contributed by atoms with van der Waals surface area (Å²) in [6.45, 7) is 0. The Balaban J connectivity index is 2.00.